The smallest absolute Gasteiger partial charge is 0.272 e. The number of pyridine rings is 1. The molecule has 3 heterocycles. The van der Waals surface area contributed by atoms with E-state index in [2.05, 4.69) is 10.3 Å². The SMILES string of the molecule is CC1(CCNC(=O)c2nc(C3CC3)n3ccccc23)OCCO1. The molecule has 23 heavy (non-hydrogen) atoms. The molecule has 0 spiro atoms. The Bertz CT molecular complexity index is 730. The molecule has 1 aliphatic heterocycles. The van der Waals surface area contributed by atoms with Gasteiger partial charge in [-0.05, 0) is 31.9 Å². The normalized spacial score (nSPS) is 20.0. The third-order valence-corrected chi connectivity index (χ3v) is 4.50. The Morgan fingerprint density at radius 2 is 2.17 bits per heavy atom. The van der Waals surface area contributed by atoms with Crippen LogP contribution >= 0.6 is 0 Å². The van der Waals surface area contributed by atoms with Gasteiger partial charge in [-0.25, -0.2) is 4.98 Å². The van der Waals surface area contributed by atoms with E-state index in [4.69, 9.17) is 9.47 Å². The van der Waals surface area contributed by atoms with Gasteiger partial charge in [-0.1, -0.05) is 6.07 Å². The maximum Gasteiger partial charge on any atom is 0.272 e. The Hall–Kier alpha value is -1.92. The predicted molar refractivity (Wildman–Crippen MR) is 84.4 cm³/mol. The van der Waals surface area contributed by atoms with E-state index in [-0.39, 0.29) is 5.91 Å². The number of nitrogens with one attached hydrogen (secondary N) is 1. The summed E-state index contributed by atoms with van der Waals surface area (Å²) in [5.74, 6) is 0.774. The second-order valence-corrected chi connectivity index (χ2v) is 6.39. The Morgan fingerprint density at radius 1 is 1.39 bits per heavy atom. The van der Waals surface area contributed by atoms with Gasteiger partial charge in [0, 0.05) is 25.1 Å². The molecule has 6 nitrogen and oxygen atoms in total. The van der Waals surface area contributed by atoms with Gasteiger partial charge in [0.1, 0.15) is 5.82 Å². The van der Waals surface area contributed by atoms with Gasteiger partial charge in [0.2, 0.25) is 0 Å². The monoisotopic (exact) mass is 315 g/mol. The summed E-state index contributed by atoms with van der Waals surface area (Å²) in [6.07, 6.45) is 4.91. The molecule has 2 aliphatic rings. The lowest BCUT2D eigenvalue weighted by Gasteiger charge is -2.21. The Kier molecular flexibility index (Phi) is 3.58. The predicted octanol–water partition coefficient (Wildman–Crippen LogP) is 2.09. The fraction of sp³-hybridized carbons (Fsp3) is 0.529. The zero-order chi connectivity index (χ0) is 15.9. The Labute approximate surface area is 134 Å². The number of aromatic nitrogens is 2. The third-order valence-electron chi connectivity index (χ3n) is 4.50. The van der Waals surface area contributed by atoms with Crippen molar-refractivity contribution in [2.75, 3.05) is 19.8 Å². The number of amides is 1. The van der Waals surface area contributed by atoms with Gasteiger partial charge >= 0.3 is 0 Å². The number of imidazole rings is 1. The van der Waals surface area contributed by atoms with Crippen LogP contribution in [0, 0.1) is 0 Å². The highest BCUT2D eigenvalue weighted by atomic mass is 16.7. The molecule has 2 aromatic heterocycles. The highest BCUT2D eigenvalue weighted by Gasteiger charge is 2.32. The molecule has 0 bridgehead atoms. The summed E-state index contributed by atoms with van der Waals surface area (Å²) in [7, 11) is 0. The van der Waals surface area contributed by atoms with Crippen LogP contribution in [0.5, 0.6) is 0 Å². The van der Waals surface area contributed by atoms with Crippen molar-refractivity contribution in [3.63, 3.8) is 0 Å². The lowest BCUT2D eigenvalue weighted by Crippen LogP contribution is -2.33. The van der Waals surface area contributed by atoms with Crippen molar-refractivity contribution in [3.05, 3.63) is 35.9 Å². The minimum atomic E-state index is -0.581. The van der Waals surface area contributed by atoms with Crippen LogP contribution in [0.3, 0.4) is 0 Å². The van der Waals surface area contributed by atoms with Crippen LogP contribution in [0.15, 0.2) is 24.4 Å². The molecule has 4 rings (SSSR count). The number of rotatable bonds is 5. The Balaban J connectivity index is 1.49. The van der Waals surface area contributed by atoms with E-state index < -0.39 is 5.79 Å². The molecule has 0 radical (unpaired) electrons. The number of nitrogens with zero attached hydrogens (tertiary/aromatic N) is 2. The maximum atomic E-state index is 12.5. The molecule has 1 aliphatic carbocycles. The van der Waals surface area contributed by atoms with E-state index in [0.717, 1.165) is 24.2 Å². The summed E-state index contributed by atoms with van der Waals surface area (Å²) in [4.78, 5) is 17.1. The van der Waals surface area contributed by atoms with Crippen molar-refractivity contribution >= 4 is 11.4 Å². The summed E-state index contributed by atoms with van der Waals surface area (Å²) in [5, 5.41) is 2.94. The Morgan fingerprint density at radius 3 is 2.91 bits per heavy atom. The van der Waals surface area contributed by atoms with Gasteiger partial charge in [-0.3, -0.25) is 4.79 Å². The van der Waals surface area contributed by atoms with Gasteiger partial charge in [0.15, 0.2) is 11.5 Å². The van der Waals surface area contributed by atoms with Crippen LogP contribution in [-0.4, -0.2) is 40.8 Å². The van der Waals surface area contributed by atoms with Crippen molar-refractivity contribution < 1.29 is 14.3 Å². The van der Waals surface area contributed by atoms with Gasteiger partial charge in [0.05, 0.1) is 18.7 Å². The summed E-state index contributed by atoms with van der Waals surface area (Å²) >= 11 is 0. The van der Waals surface area contributed by atoms with Crippen LogP contribution in [0.25, 0.3) is 5.52 Å². The standard InChI is InChI=1S/C17H21N3O3/c1-17(22-10-11-23-17)7-8-18-16(21)14-13-4-2-3-9-20(13)15(19-14)12-5-6-12/h2-4,9,12H,5-8,10-11H2,1H3,(H,18,21). The molecule has 0 aromatic carbocycles. The molecule has 0 unspecified atom stereocenters. The summed E-state index contributed by atoms with van der Waals surface area (Å²) in [6.45, 7) is 3.63. The fourth-order valence-corrected chi connectivity index (χ4v) is 3.05. The van der Waals surface area contributed by atoms with Gasteiger partial charge in [-0.15, -0.1) is 0 Å². The van der Waals surface area contributed by atoms with E-state index >= 15 is 0 Å². The summed E-state index contributed by atoms with van der Waals surface area (Å²) in [5.41, 5.74) is 1.37. The summed E-state index contributed by atoms with van der Waals surface area (Å²) < 4.78 is 13.1. The first kappa shape index (κ1) is 14.7. The number of hydrogen-bond donors (Lipinski definition) is 1. The zero-order valence-corrected chi connectivity index (χ0v) is 13.2. The molecule has 122 valence electrons. The van der Waals surface area contributed by atoms with E-state index in [1.54, 1.807) is 0 Å². The fourth-order valence-electron chi connectivity index (χ4n) is 3.05. The quantitative estimate of drug-likeness (QED) is 0.917. The third kappa shape index (κ3) is 2.84. The number of carbonyl (C=O) groups is 1. The lowest BCUT2D eigenvalue weighted by atomic mass is 10.2. The number of ether oxygens (including phenoxy) is 2. The first-order valence-electron chi connectivity index (χ1n) is 8.19. The lowest BCUT2D eigenvalue weighted by molar-refractivity contribution is -0.145. The van der Waals surface area contributed by atoms with Gasteiger partial charge < -0.3 is 19.2 Å². The maximum absolute atomic E-state index is 12.5. The van der Waals surface area contributed by atoms with Crippen LogP contribution < -0.4 is 5.32 Å². The van der Waals surface area contributed by atoms with Gasteiger partial charge in [-0.2, -0.15) is 0 Å². The molecular weight excluding hydrogens is 294 g/mol. The molecule has 1 saturated carbocycles. The second-order valence-electron chi connectivity index (χ2n) is 6.39. The number of fused-ring (bicyclic) bond motifs is 1. The van der Waals surface area contributed by atoms with Crippen LogP contribution in [-0.2, 0) is 9.47 Å². The van der Waals surface area contributed by atoms with Crippen molar-refractivity contribution in [2.24, 2.45) is 0 Å². The largest absolute Gasteiger partial charge is 0.350 e. The molecular formula is C17H21N3O3. The molecule has 1 amide bonds. The van der Waals surface area contributed by atoms with E-state index in [9.17, 15) is 4.79 Å². The molecule has 2 aromatic rings. The minimum Gasteiger partial charge on any atom is -0.350 e. The molecule has 6 heteroatoms. The molecule has 2 fully saturated rings. The summed E-state index contributed by atoms with van der Waals surface area (Å²) in [6, 6.07) is 5.85. The van der Waals surface area contributed by atoms with Crippen molar-refractivity contribution in [1.29, 1.82) is 0 Å². The van der Waals surface area contributed by atoms with E-state index in [1.165, 1.54) is 0 Å². The highest BCUT2D eigenvalue weighted by molar-refractivity contribution is 5.99. The first-order valence-corrected chi connectivity index (χ1v) is 8.19. The minimum absolute atomic E-state index is 0.137. The van der Waals surface area contributed by atoms with Gasteiger partial charge in [0.25, 0.3) is 5.91 Å². The number of carbonyl (C=O) groups excluding carboxylic acids is 1. The van der Waals surface area contributed by atoms with Crippen molar-refractivity contribution in [1.82, 2.24) is 14.7 Å². The highest BCUT2D eigenvalue weighted by Crippen LogP contribution is 2.39. The second kappa shape index (κ2) is 5.62. The van der Waals surface area contributed by atoms with Crippen LogP contribution in [0.4, 0.5) is 0 Å². The van der Waals surface area contributed by atoms with Crippen molar-refractivity contribution in [3.8, 4) is 0 Å². The zero-order valence-electron chi connectivity index (χ0n) is 13.2. The van der Waals surface area contributed by atoms with Crippen LogP contribution in [0.2, 0.25) is 0 Å². The average molecular weight is 315 g/mol. The number of hydrogen-bond acceptors (Lipinski definition) is 4. The topological polar surface area (TPSA) is 64.9 Å². The molecule has 1 N–H and O–H groups in total. The first-order chi connectivity index (χ1) is 11.2. The van der Waals surface area contributed by atoms with E-state index in [1.807, 2.05) is 35.7 Å². The molecule has 1 saturated heterocycles. The van der Waals surface area contributed by atoms with E-state index in [0.29, 0.717) is 37.8 Å². The van der Waals surface area contributed by atoms with Crippen molar-refractivity contribution in [2.45, 2.75) is 37.9 Å². The molecule has 0 atom stereocenters. The van der Waals surface area contributed by atoms with Crippen LogP contribution in [0.1, 0.15) is 48.4 Å². The average Bonchev–Trinajstić information content (AvgIpc) is 3.19.